The number of primary amides is 2. The molecule has 2 aliphatic carbocycles. The molecule has 8 aliphatic rings. The van der Waals surface area contributed by atoms with E-state index in [9.17, 15) is 28.8 Å². The normalized spacial score (nSPS) is 35.2. The summed E-state index contributed by atoms with van der Waals surface area (Å²) in [6.45, 7) is 3.65. The molecule has 0 aromatic carbocycles. The maximum absolute atomic E-state index is 14.2. The first-order valence-corrected chi connectivity index (χ1v) is 17.0. The van der Waals surface area contributed by atoms with Crippen molar-refractivity contribution in [3.05, 3.63) is 45.1 Å². The van der Waals surface area contributed by atoms with Crippen molar-refractivity contribution in [2.24, 2.45) is 23.3 Å². The van der Waals surface area contributed by atoms with E-state index in [1.165, 1.54) is 14.2 Å². The second-order valence-electron chi connectivity index (χ2n) is 14.4. The van der Waals surface area contributed by atoms with Crippen molar-refractivity contribution >= 4 is 35.3 Å². The van der Waals surface area contributed by atoms with Crippen molar-refractivity contribution in [1.29, 1.82) is 0 Å². The van der Waals surface area contributed by atoms with Crippen LogP contribution in [0, 0.1) is 11.8 Å². The number of allylic oxidation sites excluding steroid dienone is 4. The maximum Gasteiger partial charge on any atom is 0.404 e. The van der Waals surface area contributed by atoms with E-state index >= 15 is 0 Å². The van der Waals surface area contributed by atoms with Gasteiger partial charge in [0.2, 0.25) is 23.1 Å². The zero-order valence-electron chi connectivity index (χ0n) is 29.3. The van der Waals surface area contributed by atoms with Gasteiger partial charge in [-0.25, -0.2) is 9.59 Å². The number of carbonyl (C=O) groups is 6. The van der Waals surface area contributed by atoms with Gasteiger partial charge in [-0.15, -0.1) is 0 Å². The van der Waals surface area contributed by atoms with E-state index in [2.05, 4.69) is 21.3 Å². The highest BCUT2D eigenvalue weighted by atomic mass is 16.6. The summed E-state index contributed by atoms with van der Waals surface area (Å²) in [5.41, 5.74) is 9.86. The number of hydrogen-bond donors (Lipinski definition) is 6. The Morgan fingerprint density at radius 3 is 1.48 bits per heavy atom. The molecule has 19 heteroatoms. The average Bonchev–Trinajstić information content (AvgIpc) is 3.94. The molecule has 4 saturated heterocycles. The van der Waals surface area contributed by atoms with Gasteiger partial charge >= 0.3 is 12.2 Å². The lowest BCUT2D eigenvalue weighted by atomic mass is 9.82. The minimum Gasteiger partial charge on any atom is -0.449 e. The van der Waals surface area contributed by atoms with Crippen molar-refractivity contribution in [1.82, 2.24) is 36.0 Å². The van der Waals surface area contributed by atoms with Crippen molar-refractivity contribution in [3.63, 3.8) is 0 Å². The van der Waals surface area contributed by atoms with Crippen LogP contribution in [0.5, 0.6) is 0 Å². The highest BCUT2D eigenvalue weighted by Gasteiger charge is 2.74. The zero-order valence-corrected chi connectivity index (χ0v) is 29.3. The van der Waals surface area contributed by atoms with Crippen LogP contribution >= 0.6 is 0 Å². The number of Topliss-reactive ketones (excluding diaryl/α,β-unsaturated/α-hetero) is 4. The highest BCUT2D eigenvalue weighted by molar-refractivity contribution is 6.26. The van der Waals surface area contributed by atoms with Crippen molar-refractivity contribution in [3.8, 4) is 0 Å². The van der Waals surface area contributed by atoms with Crippen molar-refractivity contribution in [2.45, 2.75) is 49.5 Å². The SMILES string of the molecule is CO[C@@]12[C@H](COC(N)=O)C3=C(C(=O)C(C)=C(NCN(C)CNC4=C(C)C(=O)C5=C(C4=O)[C@@H](COC(N)=O)[C@@]4(OC)C6N[C@H]6CN54)C3=O)N1C[C@@H]1N[C@@H]12. The predicted octanol–water partition coefficient (Wildman–Crippen LogP) is -3.18. The van der Waals surface area contributed by atoms with Gasteiger partial charge in [0.1, 0.15) is 13.2 Å². The first-order valence-electron chi connectivity index (χ1n) is 17.0. The second-order valence-corrected chi connectivity index (χ2v) is 14.4. The lowest BCUT2D eigenvalue weighted by Crippen LogP contribution is -2.55. The summed E-state index contributed by atoms with van der Waals surface area (Å²) in [7, 11) is 4.72. The Morgan fingerprint density at radius 1 is 0.750 bits per heavy atom. The molecule has 0 spiro atoms. The van der Waals surface area contributed by atoms with Crippen LogP contribution in [-0.4, -0.2) is 147 Å². The van der Waals surface area contributed by atoms with Crippen molar-refractivity contribution < 1.29 is 47.7 Å². The molecule has 278 valence electrons. The van der Waals surface area contributed by atoms with Gasteiger partial charge in [0, 0.05) is 61.7 Å². The lowest BCUT2D eigenvalue weighted by molar-refractivity contribution is -0.137. The number of carbonyl (C=O) groups excluding carboxylic acids is 6. The number of rotatable bonds is 12. The van der Waals surface area contributed by atoms with Crippen LogP contribution in [0.1, 0.15) is 13.8 Å². The van der Waals surface area contributed by atoms with Gasteiger partial charge in [0.25, 0.3) is 0 Å². The van der Waals surface area contributed by atoms with Crippen LogP contribution in [0.2, 0.25) is 0 Å². The molecule has 6 aliphatic heterocycles. The van der Waals surface area contributed by atoms with Gasteiger partial charge in [0.05, 0.1) is 60.0 Å². The largest absolute Gasteiger partial charge is 0.449 e. The molecule has 2 amide bonds. The zero-order chi connectivity index (χ0) is 37.2. The van der Waals surface area contributed by atoms with E-state index in [1.54, 1.807) is 25.8 Å². The molecule has 0 bridgehead atoms. The summed E-state index contributed by atoms with van der Waals surface area (Å²) < 4.78 is 22.4. The van der Waals surface area contributed by atoms with E-state index in [0.29, 0.717) is 13.1 Å². The predicted molar refractivity (Wildman–Crippen MR) is 176 cm³/mol. The number of fused-ring (bicyclic) bond motifs is 8. The molecule has 52 heavy (non-hydrogen) atoms. The maximum atomic E-state index is 14.2. The third-order valence-electron chi connectivity index (χ3n) is 11.9. The molecule has 8 rings (SSSR count). The third-order valence-corrected chi connectivity index (χ3v) is 11.9. The molecule has 1 unspecified atom stereocenters. The van der Waals surface area contributed by atoms with Crippen LogP contribution in [0.3, 0.4) is 0 Å². The topological polar surface area (TPSA) is 269 Å². The standard InChI is InChI=1S/C33H41N9O10/c1-12-20(26(45)18-14(8-51-30(34)47)32(49-4)28-16(38-28)6-41(32)22(18)24(12)43)36-10-40(3)11-37-21-13(2)25(44)23-19(27(21)46)15(9-52-31(35)48)33(50-5)29-17(39-29)7-42(23)33/h14-17,28-29,36-39H,6-11H2,1-5H3,(H2,34,47)(H2,35,48)/t14-,15-,16+,17+,28+,29?,32-,33-/m1/s1. The molecule has 4 fully saturated rings. The van der Waals surface area contributed by atoms with Gasteiger partial charge in [0.15, 0.2) is 11.4 Å². The average molecular weight is 724 g/mol. The number of hydrogen-bond acceptors (Lipinski definition) is 17. The summed E-state index contributed by atoms with van der Waals surface area (Å²) >= 11 is 0. The molecule has 6 heterocycles. The first-order chi connectivity index (χ1) is 24.7. The Kier molecular flexibility index (Phi) is 7.64. The Hall–Kier alpha value is -4.82. The summed E-state index contributed by atoms with van der Waals surface area (Å²) in [6, 6.07) is -0.218. The summed E-state index contributed by atoms with van der Waals surface area (Å²) in [5.74, 6) is -3.09. The van der Waals surface area contributed by atoms with E-state index in [0.717, 1.165) is 0 Å². The fourth-order valence-corrected chi connectivity index (χ4v) is 9.49. The second kappa shape index (κ2) is 11.6. The number of ketones is 4. The summed E-state index contributed by atoms with van der Waals surface area (Å²) in [5, 5.41) is 12.8. The molecule has 0 aromatic rings. The van der Waals surface area contributed by atoms with E-state index in [-0.39, 0.29) is 107 Å². The third kappa shape index (κ3) is 4.42. The molecule has 8 atom stereocenters. The van der Waals surface area contributed by atoms with Gasteiger partial charge < -0.3 is 61.5 Å². The van der Waals surface area contributed by atoms with Crippen LogP contribution in [0.4, 0.5) is 9.59 Å². The van der Waals surface area contributed by atoms with Crippen LogP contribution in [-0.2, 0) is 38.1 Å². The molecular formula is C33H41N9O10. The molecule has 0 aromatic heterocycles. The molecule has 19 nitrogen and oxygen atoms in total. The monoisotopic (exact) mass is 723 g/mol. The van der Waals surface area contributed by atoms with Crippen molar-refractivity contribution in [2.75, 3.05) is 60.9 Å². The molecule has 0 saturated carbocycles. The fraction of sp³-hybridized carbons (Fsp3) is 0.576. The molecule has 8 N–H and O–H groups in total. The van der Waals surface area contributed by atoms with Gasteiger partial charge in [-0.05, 0) is 20.9 Å². The smallest absolute Gasteiger partial charge is 0.404 e. The van der Waals surface area contributed by atoms with E-state index in [4.69, 9.17) is 30.4 Å². The number of amides is 2. The number of piperazine rings is 2. The fourth-order valence-electron chi connectivity index (χ4n) is 9.49. The van der Waals surface area contributed by atoms with Gasteiger partial charge in [-0.1, -0.05) is 0 Å². The first kappa shape index (κ1) is 34.3. The quantitative estimate of drug-likeness (QED) is 0.0658. The minimum absolute atomic E-state index is 0.0575. The molecular weight excluding hydrogens is 682 g/mol. The van der Waals surface area contributed by atoms with Gasteiger partial charge in [-0.2, -0.15) is 0 Å². The number of nitrogens with two attached hydrogens (primary N) is 2. The van der Waals surface area contributed by atoms with Gasteiger partial charge in [-0.3, -0.25) is 24.1 Å². The van der Waals surface area contributed by atoms with Crippen LogP contribution in [0.15, 0.2) is 45.1 Å². The minimum atomic E-state index is -1.10. The van der Waals surface area contributed by atoms with E-state index in [1.807, 2.05) is 9.80 Å². The highest BCUT2D eigenvalue weighted by Crippen LogP contribution is 2.57. The Bertz CT molecular complexity index is 1760. The Morgan fingerprint density at radius 2 is 1.13 bits per heavy atom. The number of nitrogens with one attached hydrogen (secondary N) is 4. The number of nitrogens with zero attached hydrogens (tertiary/aromatic N) is 3. The number of methoxy groups -OCH3 is 2. The lowest BCUT2D eigenvalue weighted by Gasteiger charge is -2.39. The Labute approximate surface area is 297 Å². The molecule has 0 radical (unpaired) electrons. The van der Waals surface area contributed by atoms with Crippen LogP contribution in [0.25, 0.3) is 0 Å². The summed E-state index contributed by atoms with van der Waals surface area (Å²) in [6.07, 6.45) is -2.02. The van der Waals surface area contributed by atoms with Crippen LogP contribution < -0.4 is 32.7 Å². The Balaban J connectivity index is 0.977. The van der Waals surface area contributed by atoms with E-state index < -0.39 is 47.0 Å². The number of ether oxygens (including phenoxy) is 4. The summed E-state index contributed by atoms with van der Waals surface area (Å²) in [4.78, 5) is 84.7.